The number of hydrogen-bond acceptors (Lipinski definition) is 4. The number of phenols is 1. The molecule has 0 unspecified atom stereocenters. The van der Waals surface area contributed by atoms with Crippen molar-refractivity contribution in [2.75, 3.05) is 20.3 Å². The molecule has 0 bridgehead atoms. The lowest BCUT2D eigenvalue weighted by atomic mass is 10.1. The first kappa shape index (κ1) is 12.2. The zero-order valence-electron chi connectivity index (χ0n) is 10.1. The van der Waals surface area contributed by atoms with Crippen LogP contribution in [0.3, 0.4) is 0 Å². The summed E-state index contributed by atoms with van der Waals surface area (Å²) in [5.41, 5.74) is 0.900. The van der Waals surface area contributed by atoms with Crippen molar-refractivity contribution in [3.05, 3.63) is 23.8 Å². The maximum absolute atomic E-state index is 9.81. The standard InChI is InChI=1S/C13H19NO3/c1-16-12-3-2-10(13(15)8-12)9-14-11-4-6-17-7-5-11/h2-3,8,11,14-15H,4-7,9H2,1H3. The van der Waals surface area contributed by atoms with Gasteiger partial charge in [-0.2, -0.15) is 0 Å². The highest BCUT2D eigenvalue weighted by atomic mass is 16.5. The van der Waals surface area contributed by atoms with Crippen molar-refractivity contribution in [3.8, 4) is 11.5 Å². The van der Waals surface area contributed by atoms with Gasteiger partial charge in [-0.25, -0.2) is 0 Å². The molecule has 0 radical (unpaired) electrons. The molecule has 1 aromatic rings. The molecular weight excluding hydrogens is 218 g/mol. The lowest BCUT2D eigenvalue weighted by molar-refractivity contribution is 0.0775. The maximum Gasteiger partial charge on any atom is 0.123 e. The van der Waals surface area contributed by atoms with E-state index < -0.39 is 0 Å². The Labute approximate surface area is 102 Å². The van der Waals surface area contributed by atoms with E-state index in [1.54, 1.807) is 13.2 Å². The maximum atomic E-state index is 9.81. The second-order valence-electron chi connectivity index (χ2n) is 4.26. The SMILES string of the molecule is COc1ccc(CNC2CCOCC2)c(O)c1. The Kier molecular flexibility index (Phi) is 4.23. The fraction of sp³-hybridized carbons (Fsp3) is 0.538. The largest absolute Gasteiger partial charge is 0.507 e. The van der Waals surface area contributed by atoms with Gasteiger partial charge in [-0.15, -0.1) is 0 Å². The van der Waals surface area contributed by atoms with Crippen molar-refractivity contribution < 1.29 is 14.6 Å². The van der Waals surface area contributed by atoms with Crippen molar-refractivity contribution in [1.29, 1.82) is 0 Å². The normalized spacial score (nSPS) is 17.0. The van der Waals surface area contributed by atoms with Gasteiger partial charge in [0.1, 0.15) is 11.5 Å². The fourth-order valence-electron chi connectivity index (χ4n) is 1.98. The Hall–Kier alpha value is -1.26. The van der Waals surface area contributed by atoms with E-state index in [2.05, 4.69) is 5.32 Å². The summed E-state index contributed by atoms with van der Waals surface area (Å²) < 4.78 is 10.3. The Morgan fingerprint density at radius 1 is 1.41 bits per heavy atom. The lowest BCUT2D eigenvalue weighted by Gasteiger charge is -2.23. The van der Waals surface area contributed by atoms with Crippen LogP contribution in [0.5, 0.6) is 11.5 Å². The highest BCUT2D eigenvalue weighted by Crippen LogP contribution is 2.23. The first-order valence-corrected chi connectivity index (χ1v) is 5.96. The smallest absolute Gasteiger partial charge is 0.123 e. The van der Waals surface area contributed by atoms with Crippen molar-refractivity contribution in [1.82, 2.24) is 5.32 Å². The number of hydrogen-bond donors (Lipinski definition) is 2. The van der Waals surface area contributed by atoms with E-state index in [0.717, 1.165) is 31.6 Å². The molecule has 0 atom stereocenters. The van der Waals surface area contributed by atoms with E-state index in [0.29, 0.717) is 18.3 Å². The van der Waals surface area contributed by atoms with E-state index in [4.69, 9.17) is 9.47 Å². The molecule has 0 spiro atoms. The Balaban J connectivity index is 1.89. The van der Waals surface area contributed by atoms with Gasteiger partial charge in [-0.3, -0.25) is 0 Å². The first-order valence-electron chi connectivity index (χ1n) is 5.96. The number of ether oxygens (including phenoxy) is 2. The summed E-state index contributed by atoms with van der Waals surface area (Å²) in [6, 6.07) is 5.88. The van der Waals surface area contributed by atoms with Gasteiger partial charge in [0.15, 0.2) is 0 Å². The van der Waals surface area contributed by atoms with E-state index in [-0.39, 0.29) is 5.75 Å². The predicted molar refractivity (Wildman–Crippen MR) is 65.3 cm³/mol. The summed E-state index contributed by atoms with van der Waals surface area (Å²) in [6.45, 7) is 2.33. The summed E-state index contributed by atoms with van der Waals surface area (Å²) >= 11 is 0. The summed E-state index contributed by atoms with van der Waals surface area (Å²) in [5.74, 6) is 0.959. The van der Waals surface area contributed by atoms with Crippen LogP contribution in [-0.4, -0.2) is 31.5 Å². The number of benzene rings is 1. The van der Waals surface area contributed by atoms with E-state index in [9.17, 15) is 5.11 Å². The summed E-state index contributed by atoms with van der Waals surface area (Å²) in [4.78, 5) is 0. The van der Waals surface area contributed by atoms with Gasteiger partial charge in [-0.05, 0) is 18.9 Å². The van der Waals surface area contributed by atoms with Crippen LogP contribution < -0.4 is 10.1 Å². The molecule has 1 aliphatic heterocycles. The fourth-order valence-corrected chi connectivity index (χ4v) is 1.98. The van der Waals surface area contributed by atoms with Crippen molar-refractivity contribution >= 4 is 0 Å². The molecule has 17 heavy (non-hydrogen) atoms. The Bertz CT molecular complexity index is 362. The zero-order chi connectivity index (χ0) is 12.1. The molecule has 94 valence electrons. The highest BCUT2D eigenvalue weighted by Gasteiger charge is 2.13. The minimum atomic E-state index is 0.281. The molecule has 1 aliphatic rings. The van der Waals surface area contributed by atoms with Gasteiger partial charge in [0.2, 0.25) is 0 Å². The van der Waals surface area contributed by atoms with Gasteiger partial charge in [-0.1, -0.05) is 6.07 Å². The minimum Gasteiger partial charge on any atom is -0.507 e. The minimum absolute atomic E-state index is 0.281. The quantitative estimate of drug-likeness (QED) is 0.836. The van der Waals surface area contributed by atoms with Crippen molar-refractivity contribution in [3.63, 3.8) is 0 Å². The third kappa shape index (κ3) is 3.35. The molecule has 2 N–H and O–H groups in total. The Morgan fingerprint density at radius 3 is 2.82 bits per heavy atom. The molecule has 0 amide bonds. The molecule has 0 saturated carbocycles. The highest BCUT2D eigenvalue weighted by molar-refractivity contribution is 5.39. The number of nitrogens with one attached hydrogen (secondary N) is 1. The van der Waals surface area contributed by atoms with Gasteiger partial charge in [0.25, 0.3) is 0 Å². The number of methoxy groups -OCH3 is 1. The molecule has 2 rings (SSSR count). The number of rotatable bonds is 4. The summed E-state index contributed by atoms with van der Waals surface area (Å²) in [7, 11) is 1.59. The predicted octanol–water partition coefficient (Wildman–Crippen LogP) is 1.67. The van der Waals surface area contributed by atoms with Crippen LogP contribution in [0.25, 0.3) is 0 Å². The van der Waals surface area contributed by atoms with Crippen LogP contribution in [0.1, 0.15) is 18.4 Å². The van der Waals surface area contributed by atoms with Crippen LogP contribution in [0.4, 0.5) is 0 Å². The number of aromatic hydroxyl groups is 1. The molecule has 4 heteroatoms. The molecule has 0 aromatic heterocycles. The molecule has 0 aliphatic carbocycles. The van der Waals surface area contributed by atoms with Crippen LogP contribution in [0.15, 0.2) is 18.2 Å². The summed E-state index contributed by atoms with van der Waals surface area (Å²) in [5, 5.41) is 13.2. The average molecular weight is 237 g/mol. The van der Waals surface area contributed by atoms with Gasteiger partial charge in [0.05, 0.1) is 7.11 Å². The third-order valence-corrected chi connectivity index (χ3v) is 3.09. The van der Waals surface area contributed by atoms with Crippen LogP contribution in [-0.2, 0) is 11.3 Å². The van der Waals surface area contributed by atoms with Gasteiger partial charge in [0, 0.05) is 37.4 Å². The molecule has 1 saturated heterocycles. The topological polar surface area (TPSA) is 50.7 Å². The molecule has 1 fully saturated rings. The molecule has 4 nitrogen and oxygen atoms in total. The van der Waals surface area contributed by atoms with Gasteiger partial charge < -0.3 is 19.9 Å². The van der Waals surface area contributed by atoms with Crippen LogP contribution in [0.2, 0.25) is 0 Å². The van der Waals surface area contributed by atoms with E-state index in [1.807, 2.05) is 12.1 Å². The molecular formula is C13H19NO3. The average Bonchev–Trinajstić information content (AvgIpc) is 2.38. The number of phenolic OH excluding ortho intramolecular Hbond substituents is 1. The second kappa shape index (κ2) is 5.89. The second-order valence-corrected chi connectivity index (χ2v) is 4.26. The molecule has 1 aromatic carbocycles. The van der Waals surface area contributed by atoms with Gasteiger partial charge >= 0.3 is 0 Å². The monoisotopic (exact) mass is 237 g/mol. The van der Waals surface area contributed by atoms with E-state index in [1.165, 1.54) is 0 Å². The van der Waals surface area contributed by atoms with E-state index >= 15 is 0 Å². The first-order chi connectivity index (χ1) is 8.29. The lowest BCUT2D eigenvalue weighted by Crippen LogP contribution is -2.34. The summed E-state index contributed by atoms with van der Waals surface area (Å²) in [6.07, 6.45) is 2.08. The molecule has 1 heterocycles. The van der Waals surface area contributed by atoms with Crippen molar-refractivity contribution in [2.45, 2.75) is 25.4 Å². The third-order valence-electron chi connectivity index (χ3n) is 3.09. The Morgan fingerprint density at radius 2 is 2.18 bits per heavy atom. The van der Waals surface area contributed by atoms with Crippen molar-refractivity contribution in [2.24, 2.45) is 0 Å². The van der Waals surface area contributed by atoms with Crippen LogP contribution >= 0.6 is 0 Å². The zero-order valence-corrected chi connectivity index (χ0v) is 10.1. The van der Waals surface area contributed by atoms with Crippen LogP contribution in [0, 0.1) is 0 Å².